The summed E-state index contributed by atoms with van der Waals surface area (Å²) in [4.78, 5) is 30.2. The van der Waals surface area contributed by atoms with Crippen molar-refractivity contribution in [3.05, 3.63) is 57.8 Å². The highest BCUT2D eigenvalue weighted by Gasteiger charge is 2.28. The Labute approximate surface area is 165 Å². The summed E-state index contributed by atoms with van der Waals surface area (Å²) in [5.74, 6) is -1.68. The van der Waals surface area contributed by atoms with Crippen LogP contribution in [0, 0.1) is 21.7 Å². The van der Waals surface area contributed by atoms with Crippen LogP contribution in [0.1, 0.15) is 23.2 Å². The maximum Gasteiger partial charge on any atom is 0.312 e. The number of amides is 1. The number of halogens is 2. The summed E-state index contributed by atoms with van der Waals surface area (Å²) in [5.41, 5.74) is -0.114. The molecule has 0 atom stereocenters. The third-order valence-corrected chi connectivity index (χ3v) is 4.63. The van der Waals surface area contributed by atoms with Crippen LogP contribution < -0.4 is 9.64 Å². The SMILES string of the molecule is CN(C)C(=O)c1cnc(N2CCC(Oc3ccc(F)cc3F)CC2)c([N+](=O)[O-])c1. The number of hydrogen-bond acceptors (Lipinski definition) is 6. The van der Waals surface area contributed by atoms with Gasteiger partial charge in [-0.3, -0.25) is 14.9 Å². The second-order valence-electron chi connectivity index (χ2n) is 6.90. The van der Waals surface area contributed by atoms with Gasteiger partial charge in [0.25, 0.3) is 5.91 Å². The molecule has 154 valence electrons. The number of pyridine rings is 1. The number of rotatable bonds is 5. The zero-order valence-corrected chi connectivity index (χ0v) is 16.0. The number of carbonyl (C=O) groups excluding carboxylic acids is 1. The molecule has 0 spiro atoms. The standard InChI is InChI=1S/C19H20F2N4O4/c1-23(2)19(26)12-9-16(25(27)28)18(22-11-12)24-7-5-14(6-8-24)29-17-4-3-13(20)10-15(17)21/h3-4,9-11,14H,5-8H2,1-2H3. The van der Waals surface area contributed by atoms with Crippen LogP contribution in [0.4, 0.5) is 20.3 Å². The van der Waals surface area contributed by atoms with E-state index in [2.05, 4.69) is 4.98 Å². The molecule has 0 radical (unpaired) electrons. The van der Waals surface area contributed by atoms with E-state index in [1.807, 2.05) is 0 Å². The van der Waals surface area contributed by atoms with Crippen LogP contribution in [-0.2, 0) is 0 Å². The molecule has 0 saturated carbocycles. The van der Waals surface area contributed by atoms with E-state index in [0.717, 1.165) is 12.1 Å². The Bertz CT molecular complexity index is 930. The normalized spacial score (nSPS) is 14.6. The van der Waals surface area contributed by atoms with Crippen molar-refractivity contribution in [2.75, 3.05) is 32.1 Å². The number of ether oxygens (including phenoxy) is 1. The molecule has 0 bridgehead atoms. The maximum absolute atomic E-state index is 13.8. The first-order chi connectivity index (χ1) is 13.8. The van der Waals surface area contributed by atoms with E-state index < -0.39 is 16.6 Å². The van der Waals surface area contributed by atoms with Crippen LogP contribution in [0.15, 0.2) is 30.5 Å². The predicted octanol–water partition coefficient (Wildman–Crippen LogP) is 3.02. The van der Waals surface area contributed by atoms with Crippen molar-refractivity contribution in [2.45, 2.75) is 18.9 Å². The summed E-state index contributed by atoms with van der Waals surface area (Å²) in [5, 5.41) is 11.5. The Morgan fingerprint density at radius 3 is 2.55 bits per heavy atom. The Morgan fingerprint density at radius 2 is 1.97 bits per heavy atom. The molecule has 1 aromatic carbocycles. The van der Waals surface area contributed by atoms with Gasteiger partial charge in [-0.2, -0.15) is 0 Å². The van der Waals surface area contributed by atoms with E-state index in [-0.39, 0.29) is 34.8 Å². The van der Waals surface area contributed by atoms with E-state index in [1.54, 1.807) is 19.0 Å². The predicted molar refractivity (Wildman–Crippen MR) is 101 cm³/mol. The lowest BCUT2D eigenvalue weighted by Gasteiger charge is -2.32. The summed E-state index contributed by atoms with van der Waals surface area (Å²) in [6, 6.07) is 4.34. The largest absolute Gasteiger partial charge is 0.487 e. The fourth-order valence-corrected chi connectivity index (χ4v) is 3.13. The molecular formula is C19H20F2N4O4. The van der Waals surface area contributed by atoms with Gasteiger partial charge in [0.1, 0.15) is 11.9 Å². The van der Waals surface area contributed by atoms with Crippen molar-refractivity contribution >= 4 is 17.4 Å². The lowest BCUT2D eigenvalue weighted by Crippen LogP contribution is -2.39. The first-order valence-electron chi connectivity index (χ1n) is 8.99. The van der Waals surface area contributed by atoms with Gasteiger partial charge in [0, 0.05) is 58.4 Å². The average molecular weight is 406 g/mol. The van der Waals surface area contributed by atoms with Crippen LogP contribution in [0.25, 0.3) is 0 Å². The molecule has 1 fully saturated rings. The smallest absolute Gasteiger partial charge is 0.312 e. The molecule has 2 aromatic rings. The molecule has 29 heavy (non-hydrogen) atoms. The highest BCUT2D eigenvalue weighted by Crippen LogP contribution is 2.30. The third kappa shape index (κ3) is 4.58. The van der Waals surface area contributed by atoms with Crippen molar-refractivity contribution in [3.8, 4) is 5.75 Å². The number of anilines is 1. The molecule has 1 amide bonds. The molecular weight excluding hydrogens is 386 g/mol. The molecule has 3 rings (SSSR count). The molecule has 8 nitrogen and oxygen atoms in total. The number of nitro groups is 1. The van der Waals surface area contributed by atoms with Crippen LogP contribution in [-0.4, -0.2) is 54.0 Å². The van der Waals surface area contributed by atoms with Crippen molar-refractivity contribution in [1.29, 1.82) is 0 Å². The van der Waals surface area contributed by atoms with Gasteiger partial charge in [0.2, 0.25) is 5.82 Å². The van der Waals surface area contributed by atoms with Gasteiger partial charge in [-0.25, -0.2) is 13.8 Å². The first kappa shape index (κ1) is 20.4. The van der Waals surface area contributed by atoms with E-state index in [9.17, 15) is 23.7 Å². The highest BCUT2D eigenvalue weighted by atomic mass is 19.1. The van der Waals surface area contributed by atoms with Gasteiger partial charge >= 0.3 is 5.69 Å². The number of nitrogens with zero attached hydrogens (tertiary/aromatic N) is 4. The summed E-state index contributed by atoms with van der Waals surface area (Å²) >= 11 is 0. The molecule has 0 N–H and O–H groups in total. The highest BCUT2D eigenvalue weighted by molar-refractivity contribution is 5.94. The number of aromatic nitrogens is 1. The number of benzene rings is 1. The van der Waals surface area contributed by atoms with Gasteiger partial charge in [-0.05, 0) is 12.1 Å². The minimum Gasteiger partial charge on any atom is -0.487 e. The Kier molecular flexibility index (Phi) is 5.90. The van der Waals surface area contributed by atoms with Gasteiger partial charge in [0.15, 0.2) is 11.6 Å². The fourth-order valence-electron chi connectivity index (χ4n) is 3.13. The summed E-state index contributed by atoms with van der Waals surface area (Å²) < 4.78 is 32.4. The fraction of sp³-hybridized carbons (Fsp3) is 0.368. The summed E-state index contributed by atoms with van der Waals surface area (Å²) in [7, 11) is 3.10. The van der Waals surface area contributed by atoms with Crippen molar-refractivity contribution < 1.29 is 23.2 Å². The van der Waals surface area contributed by atoms with Crippen LogP contribution >= 0.6 is 0 Å². The third-order valence-electron chi connectivity index (χ3n) is 4.63. The van der Waals surface area contributed by atoms with Crippen molar-refractivity contribution in [2.24, 2.45) is 0 Å². The minimum absolute atomic E-state index is 0.0273. The van der Waals surface area contributed by atoms with E-state index >= 15 is 0 Å². The van der Waals surface area contributed by atoms with E-state index in [1.165, 1.54) is 23.2 Å². The van der Waals surface area contributed by atoms with Crippen LogP contribution in [0.3, 0.4) is 0 Å². The minimum atomic E-state index is -0.772. The van der Waals surface area contributed by atoms with Gasteiger partial charge in [-0.15, -0.1) is 0 Å². The van der Waals surface area contributed by atoms with Crippen LogP contribution in [0.2, 0.25) is 0 Å². The zero-order valence-electron chi connectivity index (χ0n) is 16.0. The first-order valence-corrected chi connectivity index (χ1v) is 8.99. The van der Waals surface area contributed by atoms with Gasteiger partial charge < -0.3 is 14.5 Å². The molecule has 1 aliphatic rings. The Morgan fingerprint density at radius 1 is 1.28 bits per heavy atom. The van der Waals surface area contributed by atoms with Gasteiger partial charge in [0.05, 0.1) is 10.5 Å². The molecule has 10 heteroatoms. The molecule has 0 unspecified atom stereocenters. The lowest BCUT2D eigenvalue weighted by molar-refractivity contribution is -0.384. The Balaban J connectivity index is 1.71. The summed E-state index contributed by atoms with van der Waals surface area (Å²) in [6.07, 6.45) is 1.98. The molecule has 1 aliphatic heterocycles. The summed E-state index contributed by atoms with van der Waals surface area (Å²) in [6.45, 7) is 0.810. The molecule has 1 aromatic heterocycles. The van der Waals surface area contributed by atoms with Crippen molar-refractivity contribution in [3.63, 3.8) is 0 Å². The number of piperidine rings is 1. The molecule has 2 heterocycles. The molecule has 1 saturated heterocycles. The van der Waals surface area contributed by atoms with Gasteiger partial charge in [-0.1, -0.05) is 0 Å². The Hall–Kier alpha value is -3.30. The topological polar surface area (TPSA) is 88.8 Å². The number of carbonyl (C=O) groups is 1. The molecule has 0 aliphatic carbocycles. The monoisotopic (exact) mass is 406 g/mol. The quantitative estimate of drug-likeness (QED) is 0.560. The zero-order chi connectivity index (χ0) is 21.1. The average Bonchev–Trinajstić information content (AvgIpc) is 2.69. The van der Waals surface area contributed by atoms with Crippen molar-refractivity contribution in [1.82, 2.24) is 9.88 Å². The van der Waals surface area contributed by atoms with E-state index in [0.29, 0.717) is 25.9 Å². The number of hydrogen-bond donors (Lipinski definition) is 0. The van der Waals surface area contributed by atoms with Crippen LogP contribution in [0.5, 0.6) is 5.75 Å². The second-order valence-corrected chi connectivity index (χ2v) is 6.90. The van der Waals surface area contributed by atoms with E-state index in [4.69, 9.17) is 4.74 Å². The lowest BCUT2D eigenvalue weighted by atomic mass is 10.1. The maximum atomic E-state index is 13.8. The second kappa shape index (κ2) is 8.38.